The summed E-state index contributed by atoms with van der Waals surface area (Å²) in [6, 6.07) is 10.9. The molecule has 0 bridgehead atoms. The second-order valence-corrected chi connectivity index (χ2v) is 8.20. The Balaban J connectivity index is 2.32. The second-order valence-electron chi connectivity index (χ2n) is 5.17. The Morgan fingerprint density at radius 3 is 2.17 bits per heavy atom. The number of nitrogens with one attached hydrogen (secondary N) is 1. The van der Waals surface area contributed by atoms with Crippen molar-refractivity contribution in [3.63, 3.8) is 0 Å². The zero-order valence-corrected chi connectivity index (χ0v) is 14.7. The first-order valence-corrected chi connectivity index (χ1v) is 9.70. The van der Waals surface area contributed by atoms with Gasteiger partial charge >= 0.3 is 5.88 Å². The van der Waals surface area contributed by atoms with Gasteiger partial charge in [0.15, 0.2) is 4.90 Å². The van der Waals surface area contributed by atoms with Crippen LogP contribution in [-0.2, 0) is 21.2 Å². The fourth-order valence-corrected chi connectivity index (χ4v) is 4.56. The maximum atomic E-state index is 12.3. The molecule has 0 aromatic heterocycles. The van der Waals surface area contributed by atoms with Gasteiger partial charge in [-0.3, -0.25) is 14.8 Å². The van der Waals surface area contributed by atoms with Crippen LogP contribution in [0.3, 0.4) is 0 Å². The Labute approximate surface area is 143 Å². The minimum absolute atomic E-state index is 0.126. The summed E-state index contributed by atoms with van der Waals surface area (Å²) in [7, 11) is -3.73. The van der Waals surface area contributed by atoms with E-state index >= 15 is 0 Å². The van der Waals surface area contributed by atoms with Gasteiger partial charge in [0.25, 0.3) is 10.0 Å². The molecule has 0 saturated heterocycles. The summed E-state index contributed by atoms with van der Waals surface area (Å²) in [5.41, 5.74) is 1.37. The minimum Gasteiger partial charge on any atom is -0.606 e. The lowest BCUT2D eigenvalue weighted by Crippen LogP contribution is -2.18. The highest BCUT2D eigenvalue weighted by atomic mass is 32.2. The van der Waals surface area contributed by atoms with E-state index < -0.39 is 32.0 Å². The standard InChI is InChI=1S/C15H16N2O5S2/c1-11-8-13(9-12(2)15(11)23(20)10-17(18)19)16-24(21,22)14-6-4-3-5-7-14/h3-9,16H,10H2,1-2H3. The second kappa shape index (κ2) is 7.20. The van der Waals surface area contributed by atoms with Gasteiger partial charge in [-0.15, -0.1) is 0 Å². The summed E-state index contributed by atoms with van der Waals surface area (Å²) in [6.45, 7) is 3.28. The molecule has 0 aliphatic heterocycles. The first-order chi connectivity index (χ1) is 11.2. The van der Waals surface area contributed by atoms with Crippen molar-refractivity contribution in [3.05, 3.63) is 63.7 Å². The van der Waals surface area contributed by atoms with E-state index in [0.717, 1.165) is 0 Å². The van der Waals surface area contributed by atoms with Crippen LogP contribution in [0.15, 0.2) is 52.3 Å². The number of hydrogen-bond donors (Lipinski definition) is 1. The lowest BCUT2D eigenvalue weighted by molar-refractivity contribution is -0.458. The maximum absolute atomic E-state index is 12.3. The molecular formula is C15H16N2O5S2. The Morgan fingerprint density at radius 2 is 1.67 bits per heavy atom. The first-order valence-electron chi connectivity index (χ1n) is 6.90. The van der Waals surface area contributed by atoms with Gasteiger partial charge < -0.3 is 4.55 Å². The summed E-state index contributed by atoms with van der Waals surface area (Å²) in [6.07, 6.45) is 0. The van der Waals surface area contributed by atoms with Crippen LogP contribution in [-0.4, -0.2) is 23.8 Å². The summed E-state index contributed by atoms with van der Waals surface area (Å²) in [5.74, 6) is -0.684. The van der Waals surface area contributed by atoms with Crippen LogP contribution in [0.2, 0.25) is 0 Å². The molecule has 0 aliphatic rings. The SMILES string of the molecule is Cc1cc(NS(=O)(=O)c2ccccc2)cc(C)c1[S+]([O-])C[N+](=O)[O-]. The number of hydrogen-bond acceptors (Lipinski definition) is 5. The van der Waals surface area contributed by atoms with Gasteiger partial charge in [0.1, 0.15) is 0 Å². The molecule has 2 aromatic rings. The van der Waals surface area contributed by atoms with Gasteiger partial charge in [0.05, 0.1) is 21.0 Å². The van der Waals surface area contributed by atoms with E-state index in [4.69, 9.17) is 0 Å². The topological polar surface area (TPSA) is 112 Å². The summed E-state index contributed by atoms with van der Waals surface area (Å²) >= 11 is -1.78. The molecule has 0 heterocycles. The largest absolute Gasteiger partial charge is 0.606 e. The third kappa shape index (κ3) is 4.25. The Morgan fingerprint density at radius 1 is 1.12 bits per heavy atom. The smallest absolute Gasteiger partial charge is 0.353 e. The zero-order chi connectivity index (χ0) is 17.9. The van der Waals surface area contributed by atoms with Crippen LogP contribution < -0.4 is 4.72 Å². The number of sulfonamides is 1. The summed E-state index contributed by atoms with van der Waals surface area (Å²) in [5, 5.41) is 10.5. The predicted octanol–water partition coefficient (Wildman–Crippen LogP) is 2.45. The highest BCUT2D eigenvalue weighted by Gasteiger charge is 2.24. The van der Waals surface area contributed by atoms with E-state index in [9.17, 15) is 23.1 Å². The number of nitro groups is 1. The minimum atomic E-state index is -3.73. The van der Waals surface area contributed by atoms with E-state index in [-0.39, 0.29) is 4.90 Å². The van der Waals surface area contributed by atoms with Crippen molar-refractivity contribution in [2.75, 3.05) is 10.6 Å². The number of aryl methyl sites for hydroxylation is 2. The normalized spacial score (nSPS) is 12.6. The van der Waals surface area contributed by atoms with Gasteiger partial charge in [-0.1, -0.05) is 18.2 Å². The Hall–Kier alpha value is -2.10. The van der Waals surface area contributed by atoms with E-state index in [0.29, 0.717) is 21.7 Å². The molecule has 7 nitrogen and oxygen atoms in total. The monoisotopic (exact) mass is 368 g/mol. The molecule has 1 N–H and O–H groups in total. The molecular weight excluding hydrogens is 352 g/mol. The van der Waals surface area contributed by atoms with Crippen LogP contribution in [0, 0.1) is 24.0 Å². The van der Waals surface area contributed by atoms with Crippen molar-refractivity contribution < 1.29 is 17.9 Å². The highest BCUT2D eigenvalue weighted by Crippen LogP contribution is 2.27. The van der Waals surface area contributed by atoms with E-state index in [1.807, 2.05) is 0 Å². The summed E-state index contributed by atoms with van der Waals surface area (Å²) < 4.78 is 39.2. The Kier molecular flexibility index (Phi) is 5.47. The van der Waals surface area contributed by atoms with E-state index in [1.54, 1.807) is 32.0 Å². The summed E-state index contributed by atoms with van der Waals surface area (Å²) in [4.78, 5) is 10.4. The van der Waals surface area contributed by atoms with Crippen molar-refractivity contribution in [1.82, 2.24) is 0 Å². The van der Waals surface area contributed by atoms with Crippen molar-refractivity contribution in [2.45, 2.75) is 23.6 Å². The predicted molar refractivity (Wildman–Crippen MR) is 91.4 cm³/mol. The average Bonchev–Trinajstić information content (AvgIpc) is 2.46. The number of nitrogens with zero attached hydrogens (tertiary/aromatic N) is 1. The maximum Gasteiger partial charge on any atom is 0.353 e. The van der Waals surface area contributed by atoms with Crippen molar-refractivity contribution in [2.24, 2.45) is 0 Å². The third-order valence-electron chi connectivity index (χ3n) is 3.22. The van der Waals surface area contributed by atoms with Crippen LogP contribution in [0.1, 0.15) is 11.1 Å². The van der Waals surface area contributed by atoms with E-state index in [2.05, 4.69) is 4.72 Å². The molecule has 0 aliphatic carbocycles. The quantitative estimate of drug-likeness (QED) is 0.478. The molecule has 1 unspecified atom stereocenters. The van der Waals surface area contributed by atoms with Crippen LogP contribution >= 0.6 is 0 Å². The lowest BCUT2D eigenvalue weighted by atomic mass is 10.1. The molecule has 0 amide bonds. The van der Waals surface area contributed by atoms with Gasteiger partial charge in [0, 0.05) is 16.8 Å². The molecule has 9 heteroatoms. The van der Waals surface area contributed by atoms with Crippen molar-refractivity contribution in [1.29, 1.82) is 0 Å². The van der Waals surface area contributed by atoms with Gasteiger partial charge in [0.2, 0.25) is 0 Å². The van der Waals surface area contributed by atoms with Gasteiger partial charge in [-0.2, -0.15) is 0 Å². The van der Waals surface area contributed by atoms with Crippen LogP contribution in [0.4, 0.5) is 5.69 Å². The molecule has 0 fully saturated rings. The molecule has 2 aromatic carbocycles. The molecule has 0 radical (unpaired) electrons. The third-order valence-corrected chi connectivity index (χ3v) is 6.16. The van der Waals surface area contributed by atoms with Gasteiger partial charge in [-0.25, -0.2) is 8.42 Å². The molecule has 1 atom stereocenters. The highest BCUT2D eigenvalue weighted by molar-refractivity contribution is 7.92. The number of benzene rings is 2. The fraction of sp³-hybridized carbons (Fsp3) is 0.200. The molecule has 128 valence electrons. The molecule has 24 heavy (non-hydrogen) atoms. The van der Waals surface area contributed by atoms with Crippen LogP contribution in [0.5, 0.6) is 0 Å². The average molecular weight is 368 g/mol. The molecule has 0 spiro atoms. The lowest BCUT2D eigenvalue weighted by Gasteiger charge is -2.14. The van der Waals surface area contributed by atoms with Crippen molar-refractivity contribution in [3.8, 4) is 0 Å². The molecule has 2 rings (SSSR count). The fourth-order valence-electron chi connectivity index (χ4n) is 2.34. The number of anilines is 1. The number of rotatable bonds is 6. The zero-order valence-electron chi connectivity index (χ0n) is 13.1. The van der Waals surface area contributed by atoms with Crippen molar-refractivity contribution >= 4 is 26.9 Å². The van der Waals surface area contributed by atoms with E-state index in [1.165, 1.54) is 24.3 Å². The van der Waals surface area contributed by atoms with Crippen LogP contribution in [0.25, 0.3) is 0 Å². The van der Waals surface area contributed by atoms with Gasteiger partial charge in [-0.05, 0) is 38.1 Å². The Bertz CT molecular complexity index is 830. The first kappa shape index (κ1) is 18.2. The molecule has 0 saturated carbocycles.